The lowest BCUT2D eigenvalue weighted by Gasteiger charge is -2.31. The van der Waals surface area contributed by atoms with Crippen molar-refractivity contribution < 1.29 is 19.1 Å². The molecule has 0 radical (unpaired) electrons. The molecule has 182 valence electrons. The molecule has 0 atom stereocenters. The van der Waals surface area contributed by atoms with Crippen LogP contribution in [0.1, 0.15) is 83.6 Å². The third-order valence-electron chi connectivity index (χ3n) is 7.18. The quantitative estimate of drug-likeness (QED) is 0.508. The molecular weight excluding hydrogens is 426 g/mol. The van der Waals surface area contributed by atoms with Crippen LogP contribution in [0.15, 0.2) is 58.9 Å². The van der Waals surface area contributed by atoms with Crippen molar-refractivity contribution >= 4 is 18.0 Å². The van der Waals surface area contributed by atoms with Crippen LogP contribution in [0.3, 0.4) is 0 Å². The van der Waals surface area contributed by atoms with E-state index in [0.717, 1.165) is 68.3 Å². The first kappa shape index (κ1) is 24.3. The molecule has 1 heterocycles. The summed E-state index contributed by atoms with van der Waals surface area (Å²) in [6.07, 6.45) is 14.2. The molecule has 0 aromatic heterocycles. The van der Waals surface area contributed by atoms with Gasteiger partial charge in [-0.05, 0) is 70.8 Å². The molecule has 5 nitrogen and oxygen atoms in total. The predicted molar refractivity (Wildman–Crippen MR) is 133 cm³/mol. The fraction of sp³-hybridized carbons (Fsp3) is 0.517. The van der Waals surface area contributed by atoms with Crippen LogP contribution in [0.4, 0.5) is 0 Å². The van der Waals surface area contributed by atoms with Crippen molar-refractivity contribution in [2.45, 2.75) is 90.3 Å². The molecule has 2 saturated carbocycles. The highest BCUT2D eigenvalue weighted by Gasteiger charge is 2.37. The van der Waals surface area contributed by atoms with E-state index < -0.39 is 5.92 Å². The van der Waals surface area contributed by atoms with E-state index >= 15 is 0 Å². The van der Waals surface area contributed by atoms with Crippen molar-refractivity contribution in [1.82, 2.24) is 5.32 Å². The van der Waals surface area contributed by atoms with Gasteiger partial charge in [0, 0.05) is 17.3 Å². The molecule has 0 saturated heterocycles. The molecule has 2 aliphatic carbocycles. The zero-order valence-electron chi connectivity index (χ0n) is 20.5. The Morgan fingerprint density at radius 3 is 1.71 bits per heavy atom. The summed E-state index contributed by atoms with van der Waals surface area (Å²) in [5.74, 6) is -1.20. The Morgan fingerprint density at radius 1 is 0.765 bits per heavy atom. The third-order valence-corrected chi connectivity index (χ3v) is 7.18. The van der Waals surface area contributed by atoms with Gasteiger partial charge in [-0.3, -0.25) is 0 Å². The number of allylic oxidation sites excluding steroid dienone is 3. The van der Waals surface area contributed by atoms with Gasteiger partial charge in [-0.1, -0.05) is 55.3 Å². The molecule has 0 bridgehead atoms. The second-order valence-corrected chi connectivity index (χ2v) is 9.78. The van der Waals surface area contributed by atoms with E-state index in [9.17, 15) is 9.59 Å². The van der Waals surface area contributed by atoms with E-state index in [1.807, 2.05) is 56.3 Å². The lowest BCUT2D eigenvalue weighted by molar-refractivity contribution is -0.147. The summed E-state index contributed by atoms with van der Waals surface area (Å²) in [7, 11) is 0. The summed E-state index contributed by atoms with van der Waals surface area (Å²) in [6, 6.07) is 9.92. The average Bonchev–Trinajstić information content (AvgIpc) is 2.84. The van der Waals surface area contributed by atoms with Crippen LogP contribution in [0.25, 0.3) is 6.08 Å². The zero-order valence-corrected chi connectivity index (χ0v) is 20.5. The van der Waals surface area contributed by atoms with Gasteiger partial charge >= 0.3 is 11.9 Å². The van der Waals surface area contributed by atoms with E-state index in [1.165, 1.54) is 12.8 Å². The maximum Gasteiger partial charge on any atom is 0.337 e. The number of nitrogens with one attached hydrogen (secondary N) is 1. The van der Waals surface area contributed by atoms with E-state index in [-0.39, 0.29) is 24.1 Å². The predicted octanol–water partition coefficient (Wildman–Crippen LogP) is 6.22. The van der Waals surface area contributed by atoms with Gasteiger partial charge in [0.2, 0.25) is 0 Å². The van der Waals surface area contributed by atoms with Crippen LogP contribution < -0.4 is 5.32 Å². The van der Waals surface area contributed by atoms with E-state index in [1.54, 1.807) is 0 Å². The largest absolute Gasteiger partial charge is 0.459 e. The Hall–Kier alpha value is -2.82. The van der Waals surface area contributed by atoms with Crippen LogP contribution >= 0.6 is 0 Å². The molecule has 2 fully saturated rings. The Kier molecular flexibility index (Phi) is 8.25. The van der Waals surface area contributed by atoms with Crippen molar-refractivity contribution in [3.63, 3.8) is 0 Å². The highest BCUT2D eigenvalue weighted by Crippen LogP contribution is 2.35. The fourth-order valence-electron chi connectivity index (χ4n) is 5.35. The van der Waals surface area contributed by atoms with Crippen LogP contribution in [-0.4, -0.2) is 24.1 Å². The number of benzene rings is 1. The Bertz CT molecular complexity index is 909. The summed E-state index contributed by atoms with van der Waals surface area (Å²) in [4.78, 5) is 26.9. The maximum atomic E-state index is 13.4. The maximum absolute atomic E-state index is 13.4. The molecule has 1 N–H and O–H groups in total. The number of carbonyl (C=O) groups is 2. The van der Waals surface area contributed by atoms with E-state index in [4.69, 9.17) is 9.47 Å². The normalized spacial score (nSPS) is 21.0. The average molecular weight is 464 g/mol. The van der Waals surface area contributed by atoms with Gasteiger partial charge in [-0.25, -0.2) is 9.59 Å². The number of hydrogen-bond donors (Lipinski definition) is 1. The Balaban J connectivity index is 1.62. The highest BCUT2D eigenvalue weighted by molar-refractivity contribution is 5.99. The molecule has 1 aromatic rings. The summed E-state index contributed by atoms with van der Waals surface area (Å²) >= 11 is 0. The minimum absolute atomic E-state index is 0.0510. The number of esters is 2. The van der Waals surface area contributed by atoms with E-state index in [2.05, 4.69) is 5.32 Å². The summed E-state index contributed by atoms with van der Waals surface area (Å²) < 4.78 is 11.9. The van der Waals surface area contributed by atoms with Crippen LogP contribution in [-0.2, 0) is 19.1 Å². The highest BCUT2D eigenvalue weighted by atomic mass is 16.5. The van der Waals surface area contributed by atoms with Crippen LogP contribution in [0.5, 0.6) is 0 Å². The van der Waals surface area contributed by atoms with Crippen molar-refractivity contribution in [3.05, 3.63) is 64.5 Å². The van der Waals surface area contributed by atoms with Gasteiger partial charge in [0.1, 0.15) is 12.2 Å². The molecule has 4 rings (SSSR count). The molecule has 3 aliphatic rings. The van der Waals surface area contributed by atoms with E-state index in [0.29, 0.717) is 11.1 Å². The number of hydrogen-bond acceptors (Lipinski definition) is 5. The number of carbonyl (C=O) groups excluding carboxylic acids is 2. The second-order valence-electron chi connectivity index (χ2n) is 9.78. The number of rotatable bonds is 6. The lowest BCUT2D eigenvalue weighted by Crippen LogP contribution is -2.35. The number of ether oxygens (including phenoxy) is 2. The first-order chi connectivity index (χ1) is 16.5. The van der Waals surface area contributed by atoms with Gasteiger partial charge < -0.3 is 14.8 Å². The molecule has 1 aliphatic heterocycles. The number of dihydropyridines is 1. The molecule has 0 amide bonds. The molecule has 0 spiro atoms. The topological polar surface area (TPSA) is 64.6 Å². The van der Waals surface area contributed by atoms with Crippen molar-refractivity contribution in [2.24, 2.45) is 5.92 Å². The van der Waals surface area contributed by atoms with Gasteiger partial charge in [-0.15, -0.1) is 0 Å². The van der Waals surface area contributed by atoms with Crippen molar-refractivity contribution in [1.29, 1.82) is 0 Å². The minimum Gasteiger partial charge on any atom is -0.459 e. The summed E-state index contributed by atoms with van der Waals surface area (Å²) in [5.41, 5.74) is 3.47. The molecule has 5 heteroatoms. The zero-order chi connectivity index (χ0) is 23.9. The van der Waals surface area contributed by atoms with Gasteiger partial charge in [0.25, 0.3) is 0 Å². The summed E-state index contributed by atoms with van der Waals surface area (Å²) in [6.45, 7) is 3.77. The van der Waals surface area contributed by atoms with Crippen molar-refractivity contribution in [2.75, 3.05) is 0 Å². The second kappa shape index (κ2) is 11.5. The first-order valence-electron chi connectivity index (χ1n) is 12.9. The van der Waals surface area contributed by atoms with Crippen molar-refractivity contribution in [3.8, 4) is 0 Å². The SMILES string of the molecule is CC1=C(C(=O)OC2CCCCC2)C(C=Cc2ccccc2)C(C(=O)OC2CCCCC2)=C(C)N1. The smallest absolute Gasteiger partial charge is 0.337 e. The molecule has 1 aromatic carbocycles. The third kappa shape index (κ3) is 5.99. The Morgan fingerprint density at radius 2 is 1.24 bits per heavy atom. The first-order valence-corrected chi connectivity index (χ1v) is 12.9. The van der Waals surface area contributed by atoms with Gasteiger partial charge in [0.15, 0.2) is 0 Å². The van der Waals surface area contributed by atoms with Crippen LogP contribution in [0, 0.1) is 5.92 Å². The standard InChI is InChI=1S/C29H37NO4/c1-20-26(28(31)33-23-14-8-4-9-15-23)25(19-18-22-12-6-3-7-13-22)27(21(2)30-20)29(32)34-24-16-10-5-11-17-24/h3,6-7,12-13,18-19,23-25,30H,4-5,8-11,14-17H2,1-2H3. The monoisotopic (exact) mass is 463 g/mol. The van der Waals surface area contributed by atoms with Crippen LogP contribution in [0.2, 0.25) is 0 Å². The molecule has 34 heavy (non-hydrogen) atoms. The fourth-order valence-corrected chi connectivity index (χ4v) is 5.35. The molecular formula is C29H37NO4. The summed E-state index contributed by atoms with van der Waals surface area (Å²) in [5, 5.41) is 3.27. The Labute approximate surface area is 203 Å². The minimum atomic E-state index is -0.520. The lowest BCUT2D eigenvalue weighted by atomic mass is 9.84. The van der Waals surface area contributed by atoms with Gasteiger partial charge in [-0.2, -0.15) is 0 Å². The molecule has 0 unspecified atom stereocenters. The van der Waals surface area contributed by atoms with Gasteiger partial charge in [0.05, 0.1) is 11.1 Å².